The fraction of sp³-hybridized carbons (Fsp3) is 0.286. The SMILES string of the molecule is CCOc1cc(N2CCN(C(=O)Nc3cccc4cc[nH]c34)CC2)ccc1[N+](=O)[O-]. The largest absolute Gasteiger partial charge is 0.487 e. The van der Waals surface area contributed by atoms with E-state index in [1.165, 1.54) is 6.07 Å². The van der Waals surface area contributed by atoms with Gasteiger partial charge in [0, 0.05) is 55.6 Å². The molecule has 0 spiro atoms. The smallest absolute Gasteiger partial charge is 0.322 e. The van der Waals surface area contributed by atoms with Gasteiger partial charge < -0.3 is 24.8 Å². The molecular weight excluding hydrogens is 386 g/mol. The third-order valence-electron chi connectivity index (χ3n) is 5.20. The number of nitrogens with zero attached hydrogens (tertiary/aromatic N) is 3. The summed E-state index contributed by atoms with van der Waals surface area (Å²) in [6, 6.07) is 12.5. The van der Waals surface area contributed by atoms with Crippen molar-refractivity contribution < 1.29 is 14.5 Å². The molecule has 1 saturated heterocycles. The Hall–Kier alpha value is -3.75. The second kappa shape index (κ2) is 8.32. The molecule has 156 valence electrons. The van der Waals surface area contributed by atoms with E-state index in [1.54, 1.807) is 24.0 Å². The van der Waals surface area contributed by atoms with Crippen LogP contribution in [0.5, 0.6) is 5.75 Å². The number of aromatic amines is 1. The zero-order valence-corrected chi connectivity index (χ0v) is 16.6. The van der Waals surface area contributed by atoms with Crippen molar-refractivity contribution in [2.24, 2.45) is 0 Å². The van der Waals surface area contributed by atoms with Crippen LogP contribution in [0.2, 0.25) is 0 Å². The predicted molar refractivity (Wildman–Crippen MR) is 115 cm³/mol. The molecule has 0 radical (unpaired) electrons. The number of hydrogen-bond acceptors (Lipinski definition) is 5. The van der Waals surface area contributed by atoms with E-state index < -0.39 is 4.92 Å². The number of hydrogen-bond donors (Lipinski definition) is 2. The minimum absolute atomic E-state index is 0.0443. The van der Waals surface area contributed by atoms with Gasteiger partial charge in [-0.15, -0.1) is 0 Å². The number of carbonyl (C=O) groups excluding carboxylic acids is 1. The molecule has 1 aromatic heterocycles. The summed E-state index contributed by atoms with van der Waals surface area (Å²) in [4.78, 5) is 30.5. The maximum Gasteiger partial charge on any atom is 0.322 e. The first-order valence-corrected chi connectivity index (χ1v) is 9.85. The average Bonchev–Trinajstić information content (AvgIpc) is 3.24. The van der Waals surface area contributed by atoms with Crippen LogP contribution in [0.15, 0.2) is 48.7 Å². The number of nitro benzene ring substituents is 1. The molecule has 1 aliphatic heterocycles. The lowest BCUT2D eigenvalue weighted by Gasteiger charge is -2.36. The molecule has 30 heavy (non-hydrogen) atoms. The molecule has 1 fully saturated rings. The molecule has 3 aromatic rings. The van der Waals surface area contributed by atoms with Crippen molar-refractivity contribution in [2.45, 2.75) is 6.92 Å². The van der Waals surface area contributed by atoms with E-state index in [4.69, 9.17) is 4.74 Å². The fourth-order valence-electron chi connectivity index (χ4n) is 3.67. The molecule has 2 heterocycles. The first-order chi connectivity index (χ1) is 14.6. The van der Waals surface area contributed by atoms with Gasteiger partial charge in [-0.3, -0.25) is 10.1 Å². The number of fused-ring (bicyclic) bond motifs is 1. The molecule has 9 heteroatoms. The number of anilines is 2. The minimum atomic E-state index is -0.443. The highest BCUT2D eigenvalue weighted by Crippen LogP contribution is 2.32. The van der Waals surface area contributed by atoms with Crippen LogP contribution in [0.1, 0.15) is 6.92 Å². The normalized spacial score (nSPS) is 14.0. The average molecular weight is 409 g/mol. The van der Waals surface area contributed by atoms with Crippen LogP contribution in [-0.2, 0) is 0 Å². The molecule has 0 bridgehead atoms. The molecule has 0 saturated carbocycles. The van der Waals surface area contributed by atoms with E-state index in [1.807, 2.05) is 30.5 Å². The number of rotatable bonds is 5. The van der Waals surface area contributed by atoms with Gasteiger partial charge in [0.1, 0.15) is 0 Å². The fourth-order valence-corrected chi connectivity index (χ4v) is 3.67. The molecule has 2 N–H and O–H groups in total. The zero-order valence-electron chi connectivity index (χ0n) is 16.6. The van der Waals surface area contributed by atoms with E-state index in [-0.39, 0.29) is 17.5 Å². The molecule has 0 unspecified atom stereocenters. The first kappa shape index (κ1) is 19.6. The lowest BCUT2D eigenvalue weighted by Crippen LogP contribution is -2.50. The quantitative estimate of drug-likeness (QED) is 0.492. The van der Waals surface area contributed by atoms with Crippen molar-refractivity contribution >= 4 is 34.0 Å². The van der Waals surface area contributed by atoms with Crippen LogP contribution in [-0.4, -0.2) is 53.6 Å². The van der Waals surface area contributed by atoms with Gasteiger partial charge in [0.05, 0.1) is 22.7 Å². The summed E-state index contributed by atoms with van der Waals surface area (Å²) in [5.74, 6) is 0.263. The van der Waals surface area contributed by atoms with E-state index in [0.717, 1.165) is 22.3 Å². The van der Waals surface area contributed by atoms with Gasteiger partial charge in [-0.2, -0.15) is 0 Å². The Morgan fingerprint density at radius 1 is 1.20 bits per heavy atom. The van der Waals surface area contributed by atoms with Crippen LogP contribution >= 0.6 is 0 Å². The van der Waals surface area contributed by atoms with Gasteiger partial charge in [0.2, 0.25) is 0 Å². The summed E-state index contributed by atoms with van der Waals surface area (Å²) < 4.78 is 5.44. The number of nitrogens with one attached hydrogen (secondary N) is 2. The third-order valence-corrected chi connectivity index (χ3v) is 5.20. The summed E-state index contributed by atoms with van der Waals surface area (Å²) >= 11 is 0. The number of amides is 2. The lowest BCUT2D eigenvalue weighted by atomic mass is 10.2. The highest BCUT2D eigenvalue weighted by molar-refractivity contribution is 5.99. The van der Waals surface area contributed by atoms with E-state index in [9.17, 15) is 14.9 Å². The lowest BCUT2D eigenvalue weighted by molar-refractivity contribution is -0.385. The number of urea groups is 1. The highest BCUT2D eigenvalue weighted by Gasteiger charge is 2.24. The first-order valence-electron chi connectivity index (χ1n) is 9.85. The number of aromatic nitrogens is 1. The Labute approximate surface area is 173 Å². The van der Waals surface area contributed by atoms with Crippen molar-refractivity contribution in [3.8, 4) is 5.75 Å². The van der Waals surface area contributed by atoms with Crippen LogP contribution in [0.25, 0.3) is 10.9 Å². The Kier molecular flexibility index (Phi) is 5.42. The molecule has 1 aliphatic rings. The monoisotopic (exact) mass is 409 g/mol. The van der Waals surface area contributed by atoms with Crippen LogP contribution in [0, 0.1) is 10.1 Å². The number of para-hydroxylation sites is 1. The summed E-state index contributed by atoms with van der Waals surface area (Å²) in [5.41, 5.74) is 2.46. The standard InChI is InChI=1S/C21H23N5O4/c1-2-30-19-14-16(6-7-18(19)26(28)29)24-10-12-25(13-11-24)21(27)23-17-5-3-4-15-8-9-22-20(15)17/h3-9,14,22H,2,10-13H2,1H3,(H,23,27). The second-order valence-corrected chi connectivity index (χ2v) is 6.99. The van der Waals surface area contributed by atoms with Gasteiger partial charge in [-0.25, -0.2) is 4.79 Å². The molecule has 0 atom stereocenters. The summed E-state index contributed by atoms with van der Waals surface area (Å²) in [6.07, 6.45) is 1.85. The third kappa shape index (κ3) is 3.86. The van der Waals surface area contributed by atoms with Crippen LogP contribution < -0.4 is 15.0 Å². The second-order valence-electron chi connectivity index (χ2n) is 6.99. The summed E-state index contributed by atoms with van der Waals surface area (Å²) in [6.45, 7) is 4.50. The topological polar surface area (TPSA) is 104 Å². The Morgan fingerprint density at radius 3 is 2.73 bits per heavy atom. The van der Waals surface area contributed by atoms with Crippen molar-refractivity contribution in [3.05, 3.63) is 58.8 Å². The van der Waals surface area contributed by atoms with Crippen LogP contribution in [0.3, 0.4) is 0 Å². The number of piperazine rings is 1. The van der Waals surface area contributed by atoms with E-state index >= 15 is 0 Å². The minimum Gasteiger partial charge on any atom is -0.487 e. The van der Waals surface area contributed by atoms with Gasteiger partial charge >= 0.3 is 11.7 Å². The number of H-pyrrole nitrogens is 1. The molecular formula is C21H23N5O4. The molecule has 4 rings (SSSR count). The molecule has 2 amide bonds. The molecule has 2 aromatic carbocycles. The van der Waals surface area contributed by atoms with Crippen molar-refractivity contribution in [3.63, 3.8) is 0 Å². The molecule has 9 nitrogen and oxygen atoms in total. The highest BCUT2D eigenvalue weighted by atomic mass is 16.6. The maximum absolute atomic E-state index is 12.7. The Bertz CT molecular complexity index is 1070. The zero-order chi connectivity index (χ0) is 21.1. The van der Waals surface area contributed by atoms with Gasteiger partial charge in [-0.05, 0) is 25.1 Å². The van der Waals surface area contributed by atoms with Gasteiger partial charge in [-0.1, -0.05) is 12.1 Å². The molecule has 0 aliphatic carbocycles. The number of benzene rings is 2. The van der Waals surface area contributed by atoms with Gasteiger partial charge in [0.25, 0.3) is 0 Å². The number of carbonyl (C=O) groups is 1. The van der Waals surface area contributed by atoms with E-state index in [0.29, 0.717) is 32.8 Å². The van der Waals surface area contributed by atoms with Crippen LogP contribution in [0.4, 0.5) is 21.9 Å². The van der Waals surface area contributed by atoms with Crippen molar-refractivity contribution in [2.75, 3.05) is 43.0 Å². The summed E-state index contributed by atoms with van der Waals surface area (Å²) in [5, 5.41) is 15.2. The Balaban J connectivity index is 1.41. The van der Waals surface area contributed by atoms with Crippen molar-refractivity contribution in [1.29, 1.82) is 0 Å². The van der Waals surface area contributed by atoms with E-state index in [2.05, 4.69) is 15.2 Å². The number of nitro groups is 1. The Morgan fingerprint density at radius 2 is 2.00 bits per heavy atom. The van der Waals surface area contributed by atoms with Gasteiger partial charge in [0.15, 0.2) is 5.75 Å². The predicted octanol–water partition coefficient (Wildman–Crippen LogP) is 3.83. The summed E-state index contributed by atoms with van der Waals surface area (Å²) in [7, 11) is 0. The maximum atomic E-state index is 12.7. The number of ether oxygens (including phenoxy) is 1. The van der Waals surface area contributed by atoms with Crippen molar-refractivity contribution in [1.82, 2.24) is 9.88 Å².